The van der Waals surface area contributed by atoms with Crippen LogP contribution in [0.5, 0.6) is 11.5 Å². The Morgan fingerprint density at radius 1 is 0.464 bits per heavy atom. The van der Waals surface area contributed by atoms with Gasteiger partial charge >= 0.3 is 0 Å². The second-order valence-electron chi connectivity index (χ2n) is 19.7. The Hall–Kier alpha value is -4.08. The minimum atomic E-state index is -1.57. The molecule has 3 aromatic carbocycles. The first kappa shape index (κ1) is 64.4. The van der Waals surface area contributed by atoms with E-state index in [4.69, 9.17) is 66.1 Å². The van der Waals surface area contributed by atoms with Gasteiger partial charge < -0.3 is 83.1 Å². The second-order valence-corrected chi connectivity index (χ2v) is 25.3. The van der Waals surface area contributed by atoms with Crippen molar-refractivity contribution in [2.24, 2.45) is 5.92 Å². The van der Waals surface area contributed by atoms with Crippen LogP contribution in [0.2, 0.25) is 0 Å². The first-order valence-electron chi connectivity index (χ1n) is 27.7. The zero-order chi connectivity index (χ0) is 59.0. The molecule has 10 atom stereocenters. The van der Waals surface area contributed by atoms with Gasteiger partial charge in [0.2, 0.25) is 0 Å². The molecule has 84 heavy (non-hydrogen) atoms. The van der Waals surface area contributed by atoms with Gasteiger partial charge in [0.25, 0.3) is 0 Å². The lowest BCUT2D eigenvalue weighted by Crippen LogP contribution is -2.56. The number of hydrogen-bond acceptors (Lipinski definition) is 26. The van der Waals surface area contributed by atoms with Crippen LogP contribution in [0.25, 0.3) is 65.5 Å². The number of ether oxygens (including phenoxy) is 10. The largest absolute Gasteiger partial charge is 0.491 e. The molecule has 21 nitrogen and oxygen atoms in total. The molecule has 0 spiro atoms. The van der Waals surface area contributed by atoms with Crippen LogP contribution in [0.1, 0.15) is 16.7 Å². The highest BCUT2D eigenvalue weighted by Crippen LogP contribution is 2.47. The fraction of sp³-hybridized carbons (Fsp3) is 0.517. The molecule has 0 aliphatic carbocycles. The number of benzene rings is 3. The van der Waals surface area contributed by atoms with Gasteiger partial charge in [-0.15, -0.1) is 46.2 Å². The molecule has 10 unspecified atom stereocenters. The summed E-state index contributed by atoms with van der Waals surface area (Å²) in [5.41, 5.74) is 6.43. The molecule has 456 valence electrons. The van der Waals surface area contributed by atoms with E-state index in [1.165, 1.54) is 35.3 Å². The molecule has 2 aliphatic heterocycles. The van der Waals surface area contributed by atoms with Crippen molar-refractivity contribution in [1.82, 2.24) is 18.7 Å². The third-order valence-corrected chi connectivity index (χ3v) is 18.6. The third kappa shape index (κ3) is 16.7. The van der Waals surface area contributed by atoms with Gasteiger partial charge in [-0.1, -0.05) is 6.92 Å². The minimum Gasteiger partial charge on any atom is -0.491 e. The molecule has 9 rings (SSSR count). The van der Waals surface area contributed by atoms with Crippen LogP contribution < -0.4 is 9.47 Å². The average molecular weight is 1260 g/mol. The summed E-state index contributed by atoms with van der Waals surface area (Å²) < 4.78 is 66.9. The van der Waals surface area contributed by atoms with E-state index in [0.29, 0.717) is 127 Å². The number of nitrogens with zero attached hydrogens (tertiary/aromatic N) is 4. The fourth-order valence-corrected chi connectivity index (χ4v) is 13.8. The number of aryl methyl sites for hydroxylation is 2. The van der Waals surface area contributed by atoms with Crippen molar-refractivity contribution >= 4 is 80.0 Å². The van der Waals surface area contributed by atoms with Crippen molar-refractivity contribution in [2.45, 2.75) is 74.6 Å². The Morgan fingerprint density at radius 2 is 0.881 bits per heavy atom. The molecule has 4 aromatic heterocycles. The van der Waals surface area contributed by atoms with Gasteiger partial charge in [0.1, 0.15) is 82.1 Å². The van der Waals surface area contributed by atoms with Crippen molar-refractivity contribution in [1.29, 1.82) is 0 Å². The maximum atomic E-state index is 10.4. The van der Waals surface area contributed by atoms with Crippen LogP contribution in [0.4, 0.5) is 0 Å². The van der Waals surface area contributed by atoms with Crippen LogP contribution in [-0.2, 0) is 37.9 Å². The smallest absolute Gasteiger partial charge is 0.185 e. The number of aliphatic hydroxyl groups excluding tert-OH is 7. The SMILES string of the molecule is Cc1ccc(-c2c3nsnc3c(-c3ccc(C)s3)c3nc(-c4ccc(OCCOCCOCCOCCSC5OC(O)C(O)C(O)C5O)cc4)c(-c4ccc(OCCOCCOCCOCCSC5OC(CO)C(O)C(C)C5O)cc4)nc23)s1. The summed E-state index contributed by atoms with van der Waals surface area (Å²) in [6, 6.07) is 24.1. The molecule has 6 heterocycles. The van der Waals surface area contributed by atoms with Gasteiger partial charge in [-0.05, 0) is 86.6 Å². The zero-order valence-electron chi connectivity index (χ0n) is 46.8. The summed E-state index contributed by atoms with van der Waals surface area (Å²) in [5.74, 6) is 1.94. The maximum Gasteiger partial charge on any atom is 0.185 e. The molecule has 0 bridgehead atoms. The Kier molecular flexibility index (Phi) is 24.7. The summed E-state index contributed by atoms with van der Waals surface area (Å²) in [4.78, 5) is 15.5. The van der Waals surface area contributed by atoms with Crippen molar-refractivity contribution in [2.75, 3.05) is 111 Å². The third-order valence-electron chi connectivity index (χ3n) is 13.8. The molecular weight excluding hydrogens is 1180 g/mol. The number of thiophene rings is 2. The lowest BCUT2D eigenvalue weighted by Gasteiger charge is -2.40. The molecule has 2 aliphatic rings. The summed E-state index contributed by atoms with van der Waals surface area (Å²) in [6.07, 6.45) is -8.43. The summed E-state index contributed by atoms with van der Waals surface area (Å²) in [6.45, 7) is 10.8. The lowest BCUT2D eigenvalue weighted by molar-refractivity contribution is -0.261. The summed E-state index contributed by atoms with van der Waals surface area (Å²) in [7, 11) is 0. The van der Waals surface area contributed by atoms with Crippen LogP contribution in [0.15, 0.2) is 72.8 Å². The molecular formula is C58H72N4O17S5. The number of fused-ring (bicyclic) bond motifs is 2. The fourth-order valence-electron chi connectivity index (χ4n) is 9.30. The van der Waals surface area contributed by atoms with Gasteiger partial charge in [-0.25, -0.2) is 9.97 Å². The van der Waals surface area contributed by atoms with E-state index in [0.717, 1.165) is 63.8 Å². The predicted molar refractivity (Wildman–Crippen MR) is 324 cm³/mol. The number of thioether (sulfide) groups is 2. The number of hydrogen-bond donors (Lipinski definition) is 7. The van der Waals surface area contributed by atoms with Crippen molar-refractivity contribution < 1.29 is 83.1 Å². The summed E-state index contributed by atoms with van der Waals surface area (Å²) >= 11 is 7.12. The van der Waals surface area contributed by atoms with E-state index in [-0.39, 0.29) is 6.61 Å². The van der Waals surface area contributed by atoms with E-state index in [9.17, 15) is 35.7 Å². The van der Waals surface area contributed by atoms with Gasteiger partial charge in [0.05, 0.1) is 121 Å². The summed E-state index contributed by atoms with van der Waals surface area (Å²) in [5, 5.41) is 69.4. The lowest BCUT2D eigenvalue weighted by atomic mass is 9.92. The molecule has 7 aromatic rings. The molecule has 7 N–H and O–H groups in total. The minimum absolute atomic E-state index is 0.309. The number of rotatable bonds is 33. The highest BCUT2D eigenvalue weighted by molar-refractivity contribution is 8.00. The zero-order valence-corrected chi connectivity index (χ0v) is 50.8. The predicted octanol–water partition coefficient (Wildman–Crippen LogP) is 6.20. The normalized spacial score (nSPS) is 22.8. The molecule has 2 fully saturated rings. The van der Waals surface area contributed by atoms with E-state index in [1.54, 1.807) is 29.6 Å². The first-order valence-corrected chi connectivity index (χ1v) is 32.2. The van der Waals surface area contributed by atoms with Crippen molar-refractivity contribution in [3.05, 3.63) is 82.6 Å². The van der Waals surface area contributed by atoms with E-state index in [2.05, 4.69) is 38.1 Å². The van der Waals surface area contributed by atoms with E-state index < -0.39 is 59.7 Å². The van der Waals surface area contributed by atoms with E-state index in [1.807, 2.05) is 48.5 Å². The number of aromatic nitrogens is 4. The Balaban J connectivity index is 0.775. The highest BCUT2D eigenvalue weighted by Gasteiger charge is 2.44. The van der Waals surface area contributed by atoms with Crippen LogP contribution in [0, 0.1) is 19.8 Å². The molecule has 0 radical (unpaired) electrons. The Labute approximate surface area is 507 Å². The van der Waals surface area contributed by atoms with Crippen LogP contribution in [0.3, 0.4) is 0 Å². The maximum absolute atomic E-state index is 10.4. The molecule has 2 saturated heterocycles. The highest BCUT2D eigenvalue weighted by atomic mass is 32.2. The van der Waals surface area contributed by atoms with Crippen molar-refractivity contribution in [3.63, 3.8) is 0 Å². The Bertz CT molecular complexity index is 3120. The Morgan fingerprint density at radius 3 is 1.30 bits per heavy atom. The van der Waals surface area contributed by atoms with Gasteiger partial charge in [-0.3, -0.25) is 0 Å². The number of aliphatic hydroxyl groups is 7. The van der Waals surface area contributed by atoms with Crippen molar-refractivity contribution in [3.8, 4) is 54.9 Å². The average Bonchev–Trinajstić information content (AvgIpc) is 1.85. The first-order chi connectivity index (χ1) is 40.9. The van der Waals surface area contributed by atoms with Gasteiger partial charge in [0.15, 0.2) is 6.29 Å². The molecule has 0 saturated carbocycles. The topological polar surface area (TPSA) is 285 Å². The van der Waals surface area contributed by atoms with Crippen LogP contribution >= 0.6 is 57.9 Å². The van der Waals surface area contributed by atoms with E-state index >= 15 is 0 Å². The standard InChI is InChI=1S/C58H72N4O17S5/c1-33-4-14-41(82-33)43-47-48(44(42-15-5-34(2)83-42)50-49(43)61-84-62-50)60-46(37-8-12-39(13-9-37)77-27-25-73-19-17-71-21-23-75-29-31-81-58-55(68)53(66)54(67)56(69)79-58)45(59-47)36-6-10-38(11-7-36)76-26-24-72-18-16-70-20-22-74-28-30-80-57-52(65)35(3)51(64)40(32-63)78-57/h4-15,35,40,51-58,63-69H,16-32H2,1-3H3. The monoisotopic (exact) mass is 1260 g/mol. The quantitative estimate of drug-likeness (QED) is 0.0226. The van der Waals surface area contributed by atoms with Crippen LogP contribution in [-0.4, -0.2) is 219 Å². The second kappa shape index (κ2) is 32.2. The van der Waals surface area contributed by atoms with Gasteiger partial charge in [0, 0.05) is 59.2 Å². The molecule has 0 amide bonds. The molecule has 26 heteroatoms. The van der Waals surface area contributed by atoms with Gasteiger partial charge in [-0.2, -0.15) is 8.75 Å².